The second kappa shape index (κ2) is 8.41. The molecule has 0 saturated carbocycles. The molecular formula is C20H28ClN3O2S. The van der Waals surface area contributed by atoms with Crippen molar-refractivity contribution >= 4 is 41.7 Å². The summed E-state index contributed by atoms with van der Waals surface area (Å²) in [4.78, 5) is 30.4. The number of nitrogens with zero attached hydrogens (tertiary/aromatic N) is 2. The summed E-state index contributed by atoms with van der Waals surface area (Å²) in [6.45, 7) is 0.498. The molecule has 3 atom stereocenters. The van der Waals surface area contributed by atoms with E-state index < -0.39 is 0 Å². The van der Waals surface area contributed by atoms with Gasteiger partial charge in [-0.15, -0.1) is 24.2 Å². The topological polar surface area (TPSA) is 52.7 Å². The van der Waals surface area contributed by atoms with E-state index in [2.05, 4.69) is 5.32 Å². The van der Waals surface area contributed by atoms with Crippen LogP contribution in [0.5, 0.6) is 0 Å². The summed E-state index contributed by atoms with van der Waals surface area (Å²) in [6, 6.07) is 9.44. The van der Waals surface area contributed by atoms with E-state index >= 15 is 0 Å². The van der Waals surface area contributed by atoms with Crippen molar-refractivity contribution in [3.63, 3.8) is 0 Å². The molecule has 2 bridgehead atoms. The van der Waals surface area contributed by atoms with Gasteiger partial charge in [0.25, 0.3) is 0 Å². The average molecular weight is 410 g/mol. The number of rotatable bonds is 4. The first-order valence-corrected chi connectivity index (χ1v) is 10.7. The third-order valence-corrected chi connectivity index (χ3v) is 6.95. The van der Waals surface area contributed by atoms with Gasteiger partial charge in [-0.1, -0.05) is 0 Å². The van der Waals surface area contributed by atoms with Gasteiger partial charge in [0.05, 0.1) is 5.92 Å². The van der Waals surface area contributed by atoms with Gasteiger partial charge >= 0.3 is 0 Å². The fourth-order valence-corrected chi connectivity index (χ4v) is 5.10. The van der Waals surface area contributed by atoms with Gasteiger partial charge in [0.1, 0.15) is 0 Å². The SMILES string of the molecule is CSc1ccc(N2CC(C(=O)N(C)C3CC4CCC(C3)N4)CC2=O)cc1.Cl. The van der Waals surface area contributed by atoms with Crippen molar-refractivity contribution in [2.24, 2.45) is 5.92 Å². The second-order valence-electron chi connectivity index (χ2n) is 7.82. The van der Waals surface area contributed by atoms with Gasteiger partial charge in [0.15, 0.2) is 0 Å². The van der Waals surface area contributed by atoms with Crippen LogP contribution in [0.2, 0.25) is 0 Å². The third-order valence-electron chi connectivity index (χ3n) is 6.20. The molecule has 0 aromatic heterocycles. The molecule has 3 unspecified atom stereocenters. The maximum atomic E-state index is 13.0. The Hall–Kier alpha value is -1.24. The van der Waals surface area contributed by atoms with Crippen LogP contribution in [0.3, 0.4) is 0 Å². The van der Waals surface area contributed by atoms with Crippen LogP contribution in [0.4, 0.5) is 5.69 Å². The molecule has 1 N–H and O–H groups in total. The summed E-state index contributed by atoms with van der Waals surface area (Å²) in [5.41, 5.74) is 0.894. The van der Waals surface area contributed by atoms with Crippen LogP contribution in [0.1, 0.15) is 32.1 Å². The van der Waals surface area contributed by atoms with Gasteiger partial charge in [-0.3, -0.25) is 9.59 Å². The van der Waals surface area contributed by atoms with Crippen molar-refractivity contribution in [2.75, 3.05) is 24.7 Å². The van der Waals surface area contributed by atoms with E-state index in [9.17, 15) is 9.59 Å². The highest BCUT2D eigenvalue weighted by molar-refractivity contribution is 7.98. The zero-order valence-electron chi connectivity index (χ0n) is 15.9. The molecule has 0 aliphatic carbocycles. The lowest BCUT2D eigenvalue weighted by molar-refractivity contribution is -0.137. The second-order valence-corrected chi connectivity index (χ2v) is 8.70. The molecule has 3 heterocycles. The number of amides is 2. The van der Waals surface area contributed by atoms with E-state index in [4.69, 9.17) is 0 Å². The summed E-state index contributed by atoms with van der Waals surface area (Å²) in [6.07, 6.45) is 6.90. The molecule has 1 aromatic carbocycles. The van der Waals surface area contributed by atoms with Crippen LogP contribution in [0, 0.1) is 5.92 Å². The van der Waals surface area contributed by atoms with E-state index in [0.29, 0.717) is 31.1 Å². The number of thioether (sulfide) groups is 1. The molecule has 3 aliphatic heterocycles. The molecule has 5 nitrogen and oxygen atoms in total. The maximum Gasteiger partial charge on any atom is 0.228 e. The third kappa shape index (κ3) is 4.13. The Morgan fingerprint density at radius 2 is 1.81 bits per heavy atom. The van der Waals surface area contributed by atoms with Crippen LogP contribution < -0.4 is 10.2 Å². The van der Waals surface area contributed by atoms with Gasteiger partial charge in [0.2, 0.25) is 11.8 Å². The quantitative estimate of drug-likeness (QED) is 0.777. The van der Waals surface area contributed by atoms with E-state index in [1.807, 2.05) is 42.5 Å². The monoisotopic (exact) mass is 409 g/mol. The molecule has 7 heteroatoms. The number of nitrogens with one attached hydrogen (secondary N) is 1. The molecule has 0 radical (unpaired) electrons. The number of carbonyl (C=O) groups is 2. The highest BCUT2D eigenvalue weighted by Crippen LogP contribution is 2.32. The van der Waals surface area contributed by atoms with E-state index in [-0.39, 0.29) is 30.1 Å². The Morgan fingerprint density at radius 3 is 2.41 bits per heavy atom. The summed E-state index contributed by atoms with van der Waals surface area (Å²) in [7, 11) is 1.93. The number of fused-ring (bicyclic) bond motifs is 2. The zero-order valence-corrected chi connectivity index (χ0v) is 17.5. The molecule has 2 amide bonds. The zero-order chi connectivity index (χ0) is 18.3. The molecule has 3 saturated heterocycles. The minimum absolute atomic E-state index is 0. The lowest BCUT2D eigenvalue weighted by atomic mass is 9.97. The van der Waals surface area contributed by atoms with Crippen molar-refractivity contribution in [3.05, 3.63) is 24.3 Å². The Kier molecular flexibility index (Phi) is 6.39. The number of carbonyl (C=O) groups excluding carboxylic acids is 2. The average Bonchev–Trinajstić information content (AvgIpc) is 3.22. The molecule has 27 heavy (non-hydrogen) atoms. The maximum absolute atomic E-state index is 13.0. The molecule has 0 spiro atoms. The smallest absolute Gasteiger partial charge is 0.228 e. The molecule has 4 rings (SSSR count). The predicted molar refractivity (Wildman–Crippen MR) is 112 cm³/mol. The van der Waals surface area contributed by atoms with Crippen molar-refractivity contribution < 1.29 is 9.59 Å². The highest BCUT2D eigenvalue weighted by atomic mass is 35.5. The Labute approximate surface area is 171 Å². The van der Waals surface area contributed by atoms with Gasteiger partial charge in [0, 0.05) is 48.7 Å². The molecule has 3 fully saturated rings. The molecular weight excluding hydrogens is 382 g/mol. The van der Waals surface area contributed by atoms with E-state index in [0.717, 1.165) is 18.5 Å². The number of hydrogen-bond acceptors (Lipinski definition) is 4. The number of hydrogen-bond donors (Lipinski definition) is 1. The van der Waals surface area contributed by atoms with Crippen LogP contribution in [-0.4, -0.2) is 54.7 Å². The number of halogens is 1. The fraction of sp³-hybridized carbons (Fsp3) is 0.600. The normalized spacial score (nSPS) is 29.6. The number of anilines is 1. The van der Waals surface area contributed by atoms with Crippen LogP contribution >= 0.6 is 24.2 Å². The molecule has 3 aliphatic rings. The minimum atomic E-state index is -0.222. The summed E-state index contributed by atoms with van der Waals surface area (Å²) >= 11 is 1.68. The first-order valence-electron chi connectivity index (χ1n) is 9.52. The van der Waals surface area contributed by atoms with E-state index in [1.54, 1.807) is 16.7 Å². The summed E-state index contributed by atoms with van der Waals surface area (Å²) < 4.78 is 0. The lowest BCUT2D eigenvalue weighted by Crippen LogP contribution is -2.50. The first-order chi connectivity index (χ1) is 12.5. The molecule has 1 aromatic rings. The van der Waals surface area contributed by atoms with Gasteiger partial charge < -0.3 is 15.1 Å². The minimum Gasteiger partial charge on any atom is -0.342 e. The van der Waals surface area contributed by atoms with Gasteiger partial charge in [-0.05, 0) is 56.2 Å². The Balaban J connectivity index is 0.00000210. The van der Waals surface area contributed by atoms with Crippen molar-refractivity contribution in [3.8, 4) is 0 Å². The summed E-state index contributed by atoms with van der Waals surface area (Å²) in [5.74, 6) is -0.0350. The van der Waals surface area contributed by atoms with Gasteiger partial charge in [-0.2, -0.15) is 0 Å². The number of benzene rings is 1. The highest BCUT2D eigenvalue weighted by Gasteiger charge is 2.41. The first kappa shape index (κ1) is 20.5. The van der Waals surface area contributed by atoms with Crippen LogP contribution in [0.15, 0.2) is 29.2 Å². The largest absolute Gasteiger partial charge is 0.342 e. The Morgan fingerprint density at radius 1 is 1.19 bits per heavy atom. The van der Waals surface area contributed by atoms with Crippen molar-refractivity contribution in [1.82, 2.24) is 10.2 Å². The fourth-order valence-electron chi connectivity index (χ4n) is 4.70. The number of piperidine rings is 1. The molecule has 148 valence electrons. The Bertz CT molecular complexity index is 687. The standard InChI is InChI=1S/C20H27N3O2S.ClH/c1-22(17-10-14-3-4-15(11-17)21-14)20(25)13-9-19(24)23(12-13)16-5-7-18(26-2)8-6-16;/h5-8,13-15,17,21H,3-4,9-12H2,1-2H3;1H. The van der Waals surface area contributed by atoms with Gasteiger partial charge in [-0.25, -0.2) is 0 Å². The van der Waals surface area contributed by atoms with Crippen LogP contribution in [0.25, 0.3) is 0 Å². The summed E-state index contributed by atoms with van der Waals surface area (Å²) in [5, 5.41) is 3.63. The van der Waals surface area contributed by atoms with E-state index in [1.165, 1.54) is 17.7 Å². The predicted octanol–water partition coefficient (Wildman–Crippen LogP) is 2.92. The van der Waals surface area contributed by atoms with Crippen molar-refractivity contribution in [1.29, 1.82) is 0 Å². The van der Waals surface area contributed by atoms with Crippen molar-refractivity contribution in [2.45, 2.75) is 55.1 Å². The van der Waals surface area contributed by atoms with Crippen LogP contribution in [-0.2, 0) is 9.59 Å². The lowest BCUT2D eigenvalue weighted by Gasteiger charge is -2.36.